The molecule has 34 heavy (non-hydrogen) atoms. The lowest BCUT2D eigenvalue weighted by atomic mass is 9.90. The van der Waals surface area contributed by atoms with Gasteiger partial charge in [0.15, 0.2) is 12.1 Å². The SMILES string of the molecule is COCOC1C(n2cc(-c3ncc(Cl)s3)nn2)[C@H]2OC(c3ccccc3)OCC2O[C@H]1C(C)=O. The first-order chi connectivity index (χ1) is 16.5. The Balaban J connectivity index is 1.52. The maximum Gasteiger partial charge on any atom is 0.184 e. The molecular formula is C22H23ClN4O6S. The molecule has 4 unspecified atom stereocenters. The van der Waals surface area contributed by atoms with E-state index in [1.54, 1.807) is 17.1 Å². The van der Waals surface area contributed by atoms with Crippen LogP contribution in [0.15, 0.2) is 42.7 Å². The highest BCUT2D eigenvalue weighted by molar-refractivity contribution is 7.18. The average Bonchev–Trinajstić information content (AvgIpc) is 3.51. The first-order valence-electron chi connectivity index (χ1n) is 10.7. The highest BCUT2D eigenvalue weighted by Gasteiger charge is 2.53. The Kier molecular flexibility index (Phi) is 7.02. The maximum absolute atomic E-state index is 12.5. The lowest BCUT2D eigenvalue weighted by molar-refractivity contribution is -0.319. The monoisotopic (exact) mass is 506 g/mol. The zero-order valence-corrected chi connectivity index (χ0v) is 20.0. The summed E-state index contributed by atoms with van der Waals surface area (Å²) in [5, 5.41) is 9.26. The number of halogens is 1. The predicted molar refractivity (Wildman–Crippen MR) is 121 cm³/mol. The number of methoxy groups -OCH3 is 1. The second kappa shape index (κ2) is 10.2. The van der Waals surface area contributed by atoms with Crippen molar-refractivity contribution in [3.63, 3.8) is 0 Å². The molecule has 180 valence electrons. The minimum atomic E-state index is -0.858. The van der Waals surface area contributed by atoms with Crippen molar-refractivity contribution in [2.75, 3.05) is 20.5 Å². The molecule has 0 N–H and O–H groups in total. The van der Waals surface area contributed by atoms with Gasteiger partial charge in [0.05, 0.1) is 19.0 Å². The first kappa shape index (κ1) is 23.5. The summed E-state index contributed by atoms with van der Waals surface area (Å²) in [6.45, 7) is 1.67. The first-order valence-corrected chi connectivity index (χ1v) is 11.9. The summed E-state index contributed by atoms with van der Waals surface area (Å²) < 4.78 is 31.8. The van der Waals surface area contributed by atoms with Crippen LogP contribution in [0.2, 0.25) is 4.34 Å². The molecule has 0 bridgehead atoms. The number of fused-ring (bicyclic) bond motifs is 1. The number of Topliss-reactive ketones (excluding diaryl/α,β-unsaturated/α-hetero) is 1. The molecule has 2 aliphatic rings. The fourth-order valence-electron chi connectivity index (χ4n) is 4.23. The molecule has 10 nitrogen and oxygen atoms in total. The van der Waals surface area contributed by atoms with Gasteiger partial charge in [-0.05, 0) is 6.92 Å². The number of thiazole rings is 1. The van der Waals surface area contributed by atoms with Gasteiger partial charge in [-0.1, -0.05) is 47.1 Å². The summed E-state index contributed by atoms with van der Waals surface area (Å²) in [6.07, 6.45) is 0.0681. The smallest absolute Gasteiger partial charge is 0.184 e. The Bertz CT molecular complexity index is 1130. The second-order valence-corrected chi connectivity index (χ2v) is 9.63. The van der Waals surface area contributed by atoms with E-state index in [2.05, 4.69) is 15.3 Å². The molecule has 2 saturated heterocycles. The number of ether oxygens (including phenoxy) is 5. The Labute approximate surface area is 204 Å². The molecule has 3 aromatic rings. The van der Waals surface area contributed by atoms with E-state index < -0.39 is 36.7 Å². The fourth-order valence-corrected chi connectivity index (χ4v) is 5.10. The van der Waals surface area contributed by atoms with Crippen molar-refractivity contribution in [2.45, 2.75) is 43.7 Å². The highest BCUT2D eigenvalue weighted by atomic mass is 35.5. The average molecular weight is 507 g/mol. The Morgan fingerprint density at radius 3 is 2.82 bits per heavy atom. The molecule has 0 saturated carbocycles. The molecule has 12 heteroatoms. The van der Waals surface area contributed by atoms with Crippen LogP contribution in [-0.2, 0) is 28.5 Å². The molecule has 0 radical (unpaired) electrons. The molecule has 0 aliphatic carbocycles. The summed E-state index contributed by atoms with van der Waals surface area (Å²) in [5.74, 6) is -0.179. The van der Waals surface area contributed by atoms with E-state index in [9.17, 15) is 4.79 Å². The van der Waals surface area contributed by atoms with Gasteiger partial charge in [-0.15, -0.1) is 16.4 Å². The molecule has 6 atom stereocenters. The Morgan fingerprint density at radius 2 is 2.12 bits per heavy atom. The van der Waals surface area contributed by atoms with Gasteiger partial charge in [-0.2, -0.15) is 0 Å². The van der Waals surface area contributed by atoms with E-state index in [0.29, 0.717) is 15.0 Å². The normalized spacial score (nSPS) is 29.0. The maximum atomic E-state index is 12.5. The zero-order chi connectivity index (χ0) is 23.7. The third-order valence-corrected chi connectivity index (χ3v) is 6.85. The van der Waals surface area contributed by atoms with Crippen LogP contribution < -0.4 is 0 Å². The number of carbonyl (C=O) groups excluding carboxylic acids is 1. The summed E-state index contributed by atoms with van der Waals surface area (Å²) in [6, 6.07) is 9.08. The van der Waals surface area contributed by atoms with Gasteiger partial charge in [0.2, 0.25) is 0 Å². The number of ketones is 1. The van der Waals surface area contributed by atoms with Crippen molar-refractivity contribution < 1.29 is 28.5 Å². The van der Waals surface area contributed by atoms with Gasteiger partial charge < -0.3 is 23.7 Å². The lowest BCUT2D eigenvalue weighted by Gasteiger charge is -2.48. The van der Waals surface area contributed by atoms with Gasteiger partial charge >= 0.3 is 0 Å². The van der Waals surface area contributed by atoms with E-state index in [1.165, 1.54) is 25.4 Å². The quantitative estimate of drug-likeness (QED) is 0.447. The number of carbonyl (C=O) groups is 1. The molecule has 1 aromatic carbocycles. The number of benzene rings is 1. The summed E-state index contributed by atoms with van der Waals surface area (Å²) in [7, 11) is 1.51. The topological polar surface area (TPSA) is 107 Å². The van der Waals surface area contributed by atoms with E-state index in [4.69, 9.17) is 35.3 Å². The van der Waals surface area contributed by atoms with Crippen molar-refractivity contribution in [1.29, 1.82) is 0 Å². The van der Waals surface area contributed by atoms with Crippen LogP contribution in [0.5, 0.6) is 0 Å². The van der Waals surface area contributed by atoms with Crippen LogP contribution in [-0.4, -0.2) is 70.7 Å². The lowest BCUT2D eigenvalue weighted by Crippen LogP contribution is -2.61. The van der Waals surface area contributed by atoms with E-state index in [1.807, 2.05) is 30.3 Å². The largest absolute Gasteiger partial charge is 0.359 e. The van der Waals surface area contributed by atoms with Gasteiger partial charge in [-0.3, -0.25) is 4.79 Å². The number of hydrogen-bond acceptors (Lipinski definition) is 10. The zero-order valence-electron chi connectivity index (χ0n) is 18.4. The molecule has 5 rings (SSSR count). The molecule has 2 aliphatic heterocycles. The molecule has 0 spiro atoms. The van der Waals surface area contributed by atoms with E-state index in [0.717, 1.165) is 5.56 Å². The third-order valence-electron chi connectivity index (χ3n) is 5.72. The van der Waals surface area contributed by atoms with Crippen LogP contribution in [0.1, 0.15) is 24.8 Å². The van der Waals surface area contributed by atoms with Crippen molar-refractivity contribution in [3.8, 4) is 10.7 Å². The number of nitrogens with zero attached hydrogens (tertiary/aromatic N) is 4. The Morgan fingerprint density at radius 1 is 1.29 bits per heavy atom. The second-order valence-electron chi connectivity index (χ2n) is 7.96. The van der Waals surface area contributed by atoms with Crippen LogP contribution in [0.3, 0.4) is 0 Å². The summed E-state index contributed by atoms with van der Waals surface area (Å²) >= 11 is 7.34. The number of aromatic nitrogens is 4. The van der Waals surface area contributed by atoms with Gasteiger partial charge in [0.1, 0.15) is 52.3 Å². The van der Waals surface area contributed by atoms with Gasteiger partial charge in [0, 0.05) is 12.7 Å². The van der Waals surface area contributed by atoms with Crippen LogP contribution >= 0.6 is 22.9 Å². The molecular weight excluding hydrogens is 484 g/mol. The van der Waals surface area contributed by atoms with E-state index >= 15 is 0 Å². The molecule has 2 aromatic heterocycles. The van der Waals surface area contributed by atoms with Crippen molar-refractivity contribution in [2.24, 2.45) is 0 Å². The minimum Gasteiger partial charge on any atom is -0.359 e. The van der Waals surface area contributed by atoms with Crippen molar-refractivity contribution in [1.82, 2.24) is 20.0 Å². The van der Waals surface area contributed by atoms with Crippen LogP contribution in [0, 0.1) is 0 Å². The van der Waals surface area contributed by atoms with Gasteiger partial charge in [0.25, 0.3) is 0 Å². The molecule has 0 amide bonds. The number of rotatable bonds is 7. The third kappa shape index (κ3) is 4.65. The fraction of sp³-hybridized carbons (Fsp3) is 0.455. The van der Waals surface area contributed by atoms with Crippen LogP contribution in [0.25, 0.3) is 10.7 Å². The predicted octanol–water partition coefficient (Wildman–Crippen LogP) is 3.06. The molecule has 4 heterocycles. The summed E-state index contributed by atoms with van der Waals surface area (Å²) in [5.41, 5.74) is 1.43. The standard InChI is InChI=1S/C22H23ClN4O6S/c1-12(28)18-20(31-11-29-2)17(27-9-14(25-26-27)21-24-8-16(23)34-21)19-15(32-18)10-30-22(33-19)13-6-4-3-5-7-13/h3-9,15,17-20,22H,10-11H2,1-2H3/t15?,17?,18-,19-,20?,22?/m0/s1. The van der Waals surface area contributed by atoms with E-state index in [-0.39, 0.29) is 19.2 Å². The van der Waals surface area contributed by atoms with Crippen molar-refractivity contribution >= 4 is 28.7 Å². The number of hydrogen-bond donors (Lipinski definition) is 0. The van der Waals surface area contributed by atoms with Crippen molar-refractivity contribution in [3.05, 3.63) is 52.6 Å². The molecule has 2 fully saturated rings. The van der Waals surface area contributed by atoms with Gasteiger partial charge in [-0.25, -0.2) is 9.67 Å². The highest BCUT2D eigenvalue weighted by Crippen LogP contribution is 2.41. The van der Waals surface area contributed by atoms with Crippen LogP contribution in [0.4, 0.5) is 0 Å². The minimum absolute atomic E-state index is 0.0338. The summed E-state index contributed by atoms with van der Waals surface area (Å²) in [4.78, 5) is 16.8. The Hall–Kier alpha value is -2.25.